The van der Waals surface area contributed by atoms with Crippen molar-refractivity contribution in [2.45, 2.75) is 25.7 Å². The molecule has 6 nitrogen and oxygen atoms in total. The van der Waals surface area contributed by atoms with Gasteiger partial charge in [0.05, 0.1) is 33.6 Å². The Morgan fingerprint density at radius 2 is 0.843 bits per heavy atom. The summed E-state index contributed by atoms with van der Waals surface area (Å²) >= 11 is 0. The van der Waals surface area contributed by atoms with Crippen LogP contribution in [0, 0.1) is 0 Å². The third-order valence-corrected chi connectivity index (χ3v) is 14.9. The van der Waals surface area contributed by atoms with Gasteiger partial charge in [0.25, 0.3) is 0 Å². The Morgan fingerprint density at radius 3 is 1.40 bits per heavy atom. The Morgan fingerprint density at radius 1 is 0.371 bits per heavy atom. The highest BCUT2D eigenvalue weighted by atomic mass is 15.2. The maximum Gasteiger partial charge on any atom is 0.0972 e. The second-order valence-electron chi connectivity index (χ2n) is 18.8. The van der Waals surface area contributed by atoms with E-state index in [4.69, 9.17) is 19.9 Å². The van der Waals surface area contributed by atoms with Gasteiger partial charge in [-0.25, -0.2) is 9.97 Å². The molecule has 70 heavy (non-hydrogen) atoms. The molecule has 3 aromatic heterocycles. The van der Waals surface area contributed by atoms with Gasteiger partial charge in [-0.05, 0) is 129 Å². The van der Waals surface area contributed by atoms with E-state index in [1.165, 1.54) is 50.6 Å². The minimum absolute atomic E-state index is 0.884. The van der Waals surface area contributed by atoms with Gasteiger partial charge >= 0.3 is 0 Å². The van der Waals surface area contributed by atoms with Crippen LogP contribution in [-0.4, -0.2) is 21.2 Å². The summed E-state index contributed by atoms with van der Waals surface area (Å²) < 4.78 is 0. The number of nitrogens with zero attached hydrogens (tertiary/aromatic N) is 6. The van der Waals surface area contributed by atoms with Gasteiger partial charge in [-0.3, -0.25) is 9.98 Å². The summed E-state index contributed by atoms with van der Waals surface area (Å²) in [6.07, 6.45) is 7.57. The monoisotopic (exact) mass is 894 g/mol. The number of rotatable bonds is 4. The lowest BCUT2D eigenvalue weighted by Crippen LogP contribution is -2.18. The number of pyridine rings is 3. The lowest BCUT2D eigenvalue weighted by Gasteiger charge is -2.34. The molecule has 15 rings (SSSR count). The third kappa shape index (κ3) is 5.93. The summed E-state index contributed by atoms with van der Waals surface area (Å²) in [6, 6.07) is 71.1. The number of aliphatic imine (C=N–C) groups is 1. The van der Waals surface area contributed by atoms with Crippen LogP contribution in [0.4, 0.5) is 39.8 Å². The molecule has 0 N–H and O–H groups in total. The van der Waals surface area contributed by atoms with Gasteiger partial charge in [-0.2, -0.15) is 0 Å². The van der Waals surface area contributed by atoms with Crippen LogP contribution in [0.15, 0.2) is 205 Å². The highest BCUT2D eigenvalue weighted by molar-refractivity contribution is 6.23. The average molecular weight is 895 g/mol. The fourth-order valence-corrected chi connectivity index (χ4v) is 11.7. The summed E-state index contributed by atoms with van der Waals surface area (Å²) in [7, 11) is 0. The lowest BCUT2D eigenvalue weighted by molar-refractivity contribution is 1.03. The van der Waals surface area contributed by atoms with Gasteiger partial charge in [-0.1, -0.05) is 127 Å². The summed E-state index contributed by atoms with van der Waals surface area (Å²) in [5.74, 6) is 0. The molecule has 6 heteroatoms. The predicted octanol–water partition coefficient (Wildman–Crippen LogP) is 16.4. The Balaban J connectivity index is 1.08. The SMILES string of the molecule is C1=Nc2c(ccc3ccc(-c4c5cc(N6c7ccccc7Cc7ccccc76)ccc5c(-c5ccc6ccc7cccnc7c6n5)c5cc(N6c7ccccc7Cc7ccccc76)ccc45)nc23)CC1. The van der Waals surface area contributed by atoms with Gasteiger partial charge < -0.3 is 9.80 Å². The number of hydrogen-bond donors (Lipinski definition) is 0. The van der Waals surface area contributed by atoms with E-state index in [-0.39, 0.29) is 0 Å². The maximum absolute atomic E-state index is 5.66. The maximum atomic E-state index is 5.66. The minimum atomic E-state index is 0.884. The smallest absolute Gasteiger partial charge is 0.0972 e. The first-order valence-electron chi connectivity index (χ1n) is 24.3. The second-order valence-corrected chi connectivity index (χ2v) is 18.8. The van der Waals surface area contributed by atoms with Crippen LogP contribution in [0.1, 0.15) is 34.2 Å². The molecule has 3 aliphatic heterocycles. The topological polar surface area (TPSA) is 57.5 Å². The molecule has 12 aromatic rings. The number of fused-ring (bicyclic) bond motifs is 12. The summed E-state index contributed by atoms with van der Waals surface area (Å²) in [6.45, 7) is 0. The van der Waals surface area contributed by atoms with Gasteiger partial charge in [0, 0.05) is 86.7 Å². The molecule has 0 atom stereocenters. The number of benzene rings is 9. The minimum Gasteiger partial charge on any atom is -0.310 e. The Hall–Kier alpha value is -9.00. The Kier molecular flexibility index (Phi) is 8.51. The van der Waals surface area contributed by atoms with E-state index in [1.54, 1.807) is 0 Å². The van der Waals surface area contributed by atoms with Crippen molar-refractivity contribution in [2.24, 2.45) is 4.99 Å². The molecule has 0 saturated carbocycles. The van der Waals surface area contributed by atoms with Crippen molar-refractivity contribution in [3.8, 4) is 22.5 Å². The molecule has 9 aromatic carbocycles. The van der Waals surface area contributed by atoms with E-state index in [2.05, 4.69) is 198 Å². The molecular weight excluding hydrogens is 853 g/mol. The molecule has 0 amide bonds. The fourth-order valence-electron chi connectivity index (χ4n) is 11.7. The normalized spacial score (nSPS) is 13.7. The first-order valence-corrected chi connectivity index (χ1v) is 24.3. The second kappa shape index (κ2) is 15.3. The van der Waals surface area contributed by atoms with E-state index in [0.717, 1.165) is 120 Å². The van der Waals surface area contributed by atoms with Gasteiger partial charge in [-0.15, -0.1) is 0 Å². The first-order chi connectivity index (χ1) is 34.7. The van der Waals surface area contributed by atoms with Gasteiger partial charge in [0.1, 0.15) is 0 Å². The zero-order valence-corrected chi connectivity index (χ0v) is 38.1. The number of aryl methyl sites for hydroxylation is 1. The highest BCUT2D eigenvalue weighted by Crippen LogP contribution is 2.51. The van der Waals surface area contributed by atoms with E-state index >= 15 is 0 Å². The van der Waals surface area contributed by atoms with Gasteiger partial charge in [0.2, 0.25) is 0 Å². The number of hydrogen-bond acceptors (Lipinski definition) is 6. The number of anilines is 6. The van der Waals surface area contributed by atoms with Crippen molar-refractivity contribution in [1.29, 1.82) is 0 Å². The number of para-hydroxylation sites is 4. The third-order valence-electron chi connectivity index (χ3n) is 14.9. The molecule has 0 spiro atoms. The van der Waals surface area contributed by atoms with Crippen molar-refractivity contribution >= 4 is 100 Å². The van der Waals surface area contributed by atoms with Crippen LogP contribution < -0.4 is 9.80 Å². The van der Waals surface area contributed by atoms with Crippen LogP contribution in [0.2, 0.25) is 0 Å². The summed E-state index contributed by atoms with van der Waals surface area (Å²) in [4.78, 5) is 26.1. The molecule has 6 heterocycles. The summed E-state index contributed by atoms with van der Waals surface area (Å²) in [5.41, 5.74) is 21.0. The molecule has 0 aliphatic carbocycles. The summed E-state index contributed by atoms with van der Waals surface area (Å²) in [5, 5.41) is 7.58. The molecule has 328 valence electrons. The van der Waals surface area contributed by atoms with Crippen molar-refractivity contribution in [3.63, 3.8) is 0 Å². The van der Waals surface area contributed by atoms with Gasteiger partial charge in [0.15, 0.2) is 0 Å². The van der Waals surface area contributed by atoms with Crippen LogP contribution in [-0.2, 0) is 19.3 Å². The first kappa shape index (κ1) is 39.0. The van der Waals surface area contributed by atoms with E-state index in [0.29, 0.717) is 0 Å². The standard InChI is InChI=1S/C64H42N6/c1-5-17-55-43(11-1)35-44-12-2-6-18-56(44)69(55)47-27-29-49-51(37-47)59(53-31-25-41-23-21-39-15-9-33-65-61(39)63(41)67-53)50-30-28-48(70-57-19-7-3-13-45(57)36-46-14-4-8-20-58(46)70)38-52(50)60(49)54-32-26-42-24-22-40-16-10-34-66-62(40)64(42)68-54/h1-9,11-15,17-34,37-38H,10,16,35-36H2. The molecule has 0 bridgehead atoms. The number of aromatic nitrogens is 3. The van der Waals surface area contributed by atoms with Crippen LogP contribution in [0.5, 0.6) is 0 Å². The predicted molar refractivity (Wildman–Crippen MR) is 290 cm³/mol. The largest absolute Gasteiger partial charge is 0.310 e. The molecule has 0 radical (unpaired) electrons. The average Bonchev–Trinajstić information content (AvgIpc) is 3.42. The van der Waals surface area contributed by atoms with Crippen LogP contribution in [0.3, 0.4) is 0 Å². The molecule has 3 aliphatic rings. The zero-order valence-electron chi connectivity index (χ0n) is 38.1. The Labute approximate surface area is 404 Å². The van der Waals surface area contributed by atoms with Crippen molar-refractivity contribution in [1.82, 2.24) is 15.0 Å². The van der Waals surface area contributed by atoms with Crippen LogP contribution >= 0.6 is 0 Å². The van der Waals surface area contributed by atoms with Crippen molar-refractivity contribution < 1.29 is 0 Å². The highest BCUT2D eigenvalue weighted by Gasteiger charge is 2.29. The van der Waals surface area contributed by atoms with E-state index < -0.39 is 0 Å². The molecule has 0 unspecified atom stereocenters. The fraction of sp³-hybridized carbons (Fsp3) is 0.0625. The van der Waals surface area contributed by atoms with E-state index in [9.17, 15) is 0 Å². The molecule has 0 fully saturated rings. The zero-order chi connectivity index (χ0) is 45.9. The van der Waals surface area contributed by atoms with Crippen LogP contribution in [0.25, 0.3) is 76.8 Å². The lowest BCUT2D eigenvalue weighted by atomic mass is 9.87. The van der Waals surface area contributed by atoms with Crippen molar-refractivity contribution in [3.05, 3.63) is 228 Å². The molecular formula is C64H42N6. The quantitative estimate of drug-likeness (QED) is 0.130. The van der Waals surface area contributed by atoms with Crippen molar-refractivity contribution in [2.75, 3.05) is 9.80 Å². The molecule has 0 saturated heterocycles. The van der Waals surface area contributed by atoms with E-state index in [1.807, 2.05) is 18.5 Å². The Bertz CT molecular complexity index is 4140.